The van der Waals surface area contributed by atoms with Gasteiger partial charge >= 0.3 is 0 Å². The summed E-state index contributed by atoms with van der Waals surface area (Å²) < 4.78 is 6.11. The zero-order valence-electron chi connectivity index (χ0n) is 19.5. The second-order valence-corrected chi connectivity index (χ2v) is 8.07. The Hall–Kier alpha value is -3.60. The highest BCUT2D eigenvalue weighted by atomic mass is 16.6. The fraction of sp³-hybridized carbons (Fsp3) is 0.455. The molecule has 0 atom stereocenters. The Morgan fingerprint density at radius 2 is 1.91 bits per heavy atom. The summed E-state index contributed by atoms with van der Waals surface area (Å²) in [5, 5.41) is 19.7. The molecule has 2 aromatic heterocycles. The minimum atomic E-state index is -0.478. The average molecular weight is 454 g/mol. The Morgan fingerprint density at radius 1 is 1.21 bits per heavy atom. The van der Waals surface area contributed by atoms with Crippen LogP contribution >= 0.6 is 0 Å². The number of hydrazone groups is 1. The molecular weight excluding hydrogens is 422 g/mol. The van der Waals surface area contributed by atoms with Crippen LogP contribution in [-0.2, 0) is 6.54 Å². The summed E-state index contributed by atoms with van der Waals surface area (Å²) in [6.07, 6.45) is 3.53. The first kappa shape index (κ1) is 24.1. The van der Waals surface area contributed by atoms with Crippen molar-refractivity contribution < 1.29 is 9.42 Å². The molecule has 0 fully saturated rings. The van der Waals surface area contributed by atoms with E-state index in [-0.39, 0.29) is 17.3 Å². The van der Waals surface area contributed by atoms with Gasteiger partial charge in [0.25, 0.3) is 5.91 Å². The number of hydrogen-bond acceptors (Lipinski definition) is 9. The van der Waals surface area contributed by atoms with Crippen molar-refractivity contribution in [2.24, 2.45) is 5.10 Å². The van der Waals surface area contributed by atoms with E-state index >= 15 is 0 Å². The van der Waals surface area contributed by atoms with Gasteiger partial charge in [-0.2, -0.15) is 9.78 Å². The van der Waals surface area contributed by atoms with Gasteiger partial charge in [-0.3, -0.25) is 9.69 Å². The lowest BCUT2D eigenvalue weighted by atomic mass is 10.0. The molecule has 11 heteroatoms. The molecule has 0 aliphatic heterocycles. The number of nitrogens with two attached hydrogens (primary N) is 1. The number of amides is 1. The molecule has 1 amide bonds. The van der Waals surface area contributed by atoms with Crippen molar-refractivity contribution in [1.29, 1.82) is 0 Å². The highest BCUT2D eigenvalue weighted by Crippen LogP contribution is 2.18. The quantitative estimate of drug-likeness (QED) is 0.333. The fourth-order valence-corrected chi connectivity index (χ4v) is 3.43. The van der Waals surface area contributed by atoms with Crippen molar-refractivity contribution in [2.75, 3.05) is 18.8 Å². The van der Waals surface area contributed by atoms with Crippen LogP contribution in [-0.4, -0.2) is 55.4 Å². The van der Waals surface area contributed by atoms with Crippen molar-refractivity contribution in [2.45, 2.75) is 53.0 Å². The van der Waals surface area contributed by atoms with E-state index in [2.05, 4.69) is 63.7 Å². The van der Waals surface area contributed by atoms with Crippen molar-refractivity contribution >= 4 is 17.9 Å². The van der Waals surface area contributed by atoms with E-state index in [9.17, 15) is 4.79 Å². The van der Waals surface area contributed by atoms with E-state index in [4.69, 9.17) is 10.4 Å². The summed E-state index contributed by atoms with van der Waals surface area (Å²) in [5.41, 5.74) is 11.2. The SMILES string of the molecule is CCCN(CCC)Cc1c(C(=O)NN=Cc2ccc(C(C)C)cc2)nnn1-c1nonc1N. The maximum atomic E-state index is 12.9. The van der Waals surface area contributed by atoms with Crippen molar-refractivity contribution in [3.05, 3.63) is 46.8 Å². The first-order chi connectivity index (χ1) is 15.9. The number of aromatic nitrogens is 5. The van der Waals surface area contributed by atoms with Crippen LogP contribution in [0, 0.1) is 0 Å². The highest BCUT2D eigenvalue weighted by Gasteiger charge is 2.25. The van der Waals surface area contributed by atoms with E-state index in [1.165, 1.54) is 10.2 Å². The number of nitrogens with zero attached hydrogens (tertiary/aromatic N) is 7. The number of nitrogens with one attached hydrogen (secondary N) is 1. The molecule has 1 aromatic carbocycles. The van der Waals surface area contributed by atoms with Crippen LogP contribution in [0.3, 0.4) is 0 Å². The van der Waals surface area contributed by atoms with Crippen LogP contribution in [0.4, 0.5) is 5.82 Å². The predicted octanol–water partition coefficient (Wildman–Crippen LogP) is 2.74. The number of carbonyl (C=O) groups is 1. The zero-order chi connectivity index (χ0) is 23.8. The maximum Gasteiger partial charge on any atom is 0.293 e. The van der Waals surface area contributed by atoms with Crippen LogP contribution in [0.5, 0.6) is 0 Å². The molecule has 176 valence electrons. The normalized spacial score (nSPS) is 11.7. The highest BCUT2D eigenvalue weighted by molar-refractivity contribution is 5.94. The molecule has 0 unspecified atom stereocenters. The van der Waals surface area contributed by atoms with Gasteiger partial charge in [-0.25, -0.2) is 10.1 Å². The minimum Gasteiger partial charge on any atom is -0.378 e. The second-order valence-electron chi connectivity index (χ2n) is 8.07. The van der Waals surface area contributed by atoms with Crippen LogP contribution in [0.25, 0.3) is 5.82 Å². The molecule has 0 saturated heterocycles. The zero-order valence-corrected chi connectivity index (χ0v) is 19.5. The van der Waals surface area contributed by atoms with Crippen LogP contribution < -0.4 is 11.2 Å². The number of hydrogen-bond donors (Lipinski definition) is 2. The van der Waals surface area contributed by atoms with Crippen molar-refractivity contribution in [3.63, 3.8) is 0 Å². The summed E-state index contributed by atoms with van der Waals surface area (Å²) in [6, 6.07) is 8.01. The molecular formula is C22H31N9O2. The molecule has 0 saturated carbocycles. The third-order valence-electron chi connectivity index (χ3n) is 5.11. The Morgan fingerprint density at radius 3 is 2.48 bits per heavy atom. The van der Waals surface area contributed by atoms with E-state index in [1.807, 2.05) is 24.3 Å². The van der Waals surface area contributed by atoms with Gasteiger partial charge in [0.05, 0.1) is 11.9 Å². The van der Waals surface area contributed by atoms with Gasteiger partial charge in [0.1, 0.15) is 0 Å². The van der Waals surface area contributed by atoms with Gasteiger partial charge in [-0.15, -0.1) is 5.10 Å². The topological polar surface area (TPSA) is 140 Å². The molecule has 0 radical (unpaired) electrons. The standard InChI is InChI=1S/C22H31N9O2/c1-5-11-30(12-6-2)14-18-19(25-29-31(18)21-20(23)27-33-28-21)22(32)26-24-13-16-7-9-17(10-8-16)15(3)4/h7-10,13,15H,5-6,11-12,14H2,1-4H3,(H2,23,27)(H,26,32). The summed E-state index contributed by atoms with van der Waals surface area (Å²) in [7, 11) is 0. The van der Waals surface area contributed by atoms with Gasteiger partial charge < -0.3 is 5.73 Å². The molecule has 0 aliphatic carbocycles. The van der Waals surface area contributed by atoms with Crippen LogP contribution in [0.15, 0.2) is 34.0 Å². The van der Waals surface area contributed by atoms with Gasteiger partial charge in [0.15, 0.2) is 5.69 Å². The lowest BCUT2D eigenvalue weighted by molar-refractivity contribution is 0.0947. The lowest BCUT2D eigenvalue weighted by Crippen LogP contribution is -2.28. The van der Waals surface area contributed by atoms with Gasteiger partial charge in [-0.05, 0) is 53.3 Å². The predicted molar refractivity (Wildman–Crippen MR) is 125 cm³/mol. The molecule has 2 heterocycles. The monoisotopic (exact) mass is 453 g/mol. The first-order valence-corrected chi connectivity index (χ1v) is 11.1. The number of benzene rings is 1. The molecule has 3 N–H and O–H groups in total. The third kappa shape index (κ3) is 6.01. The largest absolute Gasteiger partial charge is 0.378 e. The summed E-state index contributed by atoms with van der Waals surface area (Å²) in [6.45, 7) is 10.6. The molecule has 0 aliphatic rings. The average Bonchev–Trinajstić information content (AvgIpc) is 3.40. The Balaban J connectivity index is 1.82. The summed E-state index contributed by atoms with van der Waals surface area (Å²) in [4.78, 5) is 15.1. The molecule has 11 nitrogen and oxygen atoms in total. The Bertz CT molecular complexity index is 1060. The smallest absolute Gasteiger partial charge is 0.293 e. The van der Waals surface area contributed by atoms with Crippen molar-refractivity contribution in [1.82, 2.24) is 35.6 Å². The third-order valence-corrected chi connectivity index (χ3v) is 5.11. The van der Waals surface area contributed by atoms with Gasteiger partial charge in [-0.1, -0.05) is 57.2 Å². The van der Waals surface area contributed by atoms with Crippen LogP contribution in [0.2, 0.25) is 0 Å². The molecule has 33 heavy (non-hydrogen) atoms. The number of rotatable bonds is 11. The van der Waals surface area contributed by atoms with E-state index < -0.39 is 5.91 Å². The Labute approximate surface area is 193 Å². The number of carbonyl (C=O) groups excluding carboxylic acids is 1. The summed E-state index contributed by atoms with van der Waals surface area (Å²) >= 11 is 0. The van der Waals surface area contributed by atoms with Gasteiger partial charge in [0, 0.05) is 6.54 Å². The molecule has 0 spiro atoms. The van der Waals surface area contributed by atoms with Gasteiger partial charge in [0.2, 0.25) is 11.6 Å². The molecule has 3 aromatic rings. The number of anilines is 1. The Kier molecular flexibility index (Phi) is 8.25. The van der Waals surface area contributed by atoms with E-state index in [0.29, 0.717) is 18.2 Å². The van der Waals surface area contributed by atoms with E-state index in [0.717, 1.165) is 31.5 Å². The number of nitrogen functional groups attached to an aromatic ring is 1. The minimum absolute atomic E-state index is 0.0634. The molecule has 3 rings (SSSR count). The fourth-order valence-electron chi connectivity index (χ4n) is 3.43. The van der Waals surface area contributed by atoms with Crippen molar-refractivity contribution in [3.8, 4) is 5.82 Å². The second kappa shape index (κ2) is 11.3. The lowest BCUT2D eigenvalue weighted by Gasteiger charge is -2.21. The molecule has 0 bridgehead atoms. The summed E-state index contributed by atoms with van der Waals surface area (Å²) in [5.74, 6) is 0.228. The van der Waals surface area contributed by atoms with E-state index in [1.54, 1.807) is 6.21 Å². The van der Waals surface area contributed by atoms with Crippen LogP contribution in [0.1, 0.15) is 73.8 Å². The first-order valence-electron chi connectivity index (χ1n) is 11.1. The maximum absolute atomic E-state index is 12.9.